The lowest BCUT2D eigenvalue weighted by atomic mass is 9.92. The van der Waals surface area contributed by atoms with Gasteiger partial charge in [-0.15, -0.1) is 0 Å². The summed E-state index contributed by atoms with van der Waals surface area (Å²) in [4.78, 5) is 0. The highest BCUT2D eigenvalue weighted by Gasteiger charge is 2.26. The molecular formula is C14H20FNO. The summed E-state index contributed by atoms with van der Waals surface area (Å²) in [5.41, 5.74) is 7.10. The smallest absolute Gasteiger partial charge is 0.126 e. The summed E-state index contributed by atoms with van der Waals surface area (Å²) in [6.07, 6.45) is 1.34. The Bertz CT molecular complexity index is 403. The molecule has 0 spiro atoms. The van der Waals surface area contributed by atoms with Crippen LogP contribution < -0.4 is 10.5 Å². The Morgan fingerprint density at radius 2 is 2.24 bits per heavy atom. The van der Waals surface area contributed by atoms with Crippen LogP contribution in [0.25, 0.3) is 0 Å². The maximum Gasteiger partial charge on any atom is 0.126 e. The molecule has 1 aliphatic heterocycles. The van der Waals surface area contributed by atoms with Crippen molar-refractivity contribution in [1.29, 1.82) is 0 Å². The molecule has 2 N–H and O–H groups in total. The van der Waals surface area contributed by atoms with Crippen LogP contribution in [0.2, 0.25) is 0 Å². The van der Waals surface area contributed by atoms with E-state index in [1.54, 1.807) is 6.07 Å². The second kappa shape index (κ2) is 4.65. The minimum Gasteiger partial charge on any atom is -0.488 e. The van der Waals surface area contributed by atoms with E-state index >= 15 is 0 Å². The average molecular weight is 237 g/mol. The molecule has 1 aromatic rings. The second-order valence-electron chi connectivity index (χ2n) is 5.27. The molecule has 1 aromatic carbocycles. The molecule has 0 aliphatic carbocycles. The van der Waals surface area contributed by atoms with E-state index in [2.05, 4.69) is 13.8 Å². The van der Waals surface area contributed by atoms with E-state index in [-0.39, 0.29) is 5.60 Å². The van der Waals surface area contributed by atoms with Gasteiger partial charge in [-0.25, -0.2) is 4.39 Å². The van der Waals surface area contributed by atoms with Crippen molar-refractivity contribution in [3.8, 4) is 5.75 Å². The first kappa shape index (κ1) is 12.4. The molecule has 0 aromatic heterocycles. The van der Waals surface area contributed by atoms with Gasteiger partial charge in [-0.3, -0.25) is 0 Å². The number of fused-ring (bicyclic) bond motifs is 1. The standard InChI is InChI=1S/C14H20FNO/c1-14(2)7-5-11-9-10(12(15)6-8-16)3-4-13(11)17-14/h3-4,9,12H,5-8,16H2,1-2H3. The van der Waals surface area contributed by atoms with Crippen molar-refractivity contribution in [1.82, 2.24) is 0 Å². The molecule has 1 atom stereocenters. The van der Waals surface area contributed by atoms with Crippen molar-refractivity contribution < 1.29 is 9.13 Å². The van der Waals surface area contributed by atoms with E-state index < -0.39 is 6.17 Å². The van der Waals surface area contributed by atoms with E-state index in [4.69, 9.17) is 10.5 Å². The minimum atomic E-state index is -0.958. The minimum absolute atomic E-state index is 0.110. The fourth-order valence-electron chi connectivity index (χ4n) is 2.19. The summed E-state index contributed by atoms with van der Waals surface area (Å²) >= 11 is 0. The summed E-state index contributed by atoms with van der Waals surface area (Å²) in [6.45, 7) is 4.54. The Morgan fingerprint density at radius 1 is 1.47 bits per heavy atom. The highest BCUT2D eigenvalue weighted by molar-refractivity contribution is 5.40. The third-order valence-electron chi connectivity index (χ3n) is 3.25. The summed E-state index contributed by atoms with van der Waals surface area (Å²) in [6, 6.07) is 5.61. The zero-order valence-electron chi connectivity index (χ0n) is 10.5. The number of hydrogen-bond acceptors (Lipinski definition) is 2. The Morgan fingerprint density at radius 3 is 2.94 bits per heavy atom. The highest BCUT2D eigenvalue weighted by atomic mass is 19.1. The molecule has 0 bridgehead atoms. The Labute approximate surface area is 102 Å². The van der Waals surface area contributed by atoms with E-state index in [0.29, 0.717) is 13.0 Å². The number of halogens is 1. The van der Waals surface area contributed by atoms with Gasteiger partial charge in [-0.05, 0) is 62.9 Å². The first-order valence-corrected chi connectivity index (χ1v) is 6.18. The molecule has 0 amide bonds. The lowest BCUT2D eigenvalue weighted by Gasteiger charge is -2.32. The van der Waals surface area contributed by atoms with Crippen molar-refractivity contribution in [3.63, 3.8) is 0 Å². The van der Waals surface area contributed by atoms with Gasteiger partial charge in [0, 0.05) is 0 Å². The maximum atomic E-state index is 13.7. The van der Waals surface area contributed by atoms with Gasteiger partial charge >= 0.3 is 0 Å². The van der Waals surface area contributed by atoms with E-state index in [9.17, 15) is 4.39 Å². The number of rotatable bonds is 3. The maximum absolute atomic E-state index is 13.7. The Balaban J connectivity index is 2.21. The molecule has 0 fully saturated rings. The van der Waals surface area contributed by atoms with Crippen molar-refractivity contribution >= 4 is 0 Å². The summed E-state index contributed by atoms with van der Waals surface area (Å²) in [5, 5.41) is 0. The van der Waals surface area contributed by atoms with Crippen molar-refractivity contribution in [2.75, 3.05) is 6.54 Å². The first-order chi connectivity index (χ1) is 8.02. The monoisotopic (exact) mass is 237 g/mol. The number of nitrogens with two attached hydrogens (primary N) is 1. The van der Waals surface area contributed by atoms with Crippen molar-refractivity contribution in [2.45, 2.75) is 44.9 Å². The van der Waals surface area contributed by atoms with Crippen LogP contribution in [0, 0.1) is 0 Å². The fourth-order valence-corrected chi connectivity index (χ4v) is 2.19. The number of aryl methyl sites for hydroxylation is 1. The zero-order valence-corrected chi connectivity index (χ0v) is 10.5. The highest BCUT2D eigenvalue weighted by Crippen LogP contribution is 2.35. The van der Waals surface area contributed by atoms with Gasteiger partial charge in [0.1, 0.15) is 17.5 Å². The second-order valence-corrected chi connectivity index (χ2v) is 5.27. The Hall–Kier alpha value is -1.09. The molecule has 94 valence electrons. The molecule has 1 heterocycles. The summed E-state index contributed by atoms with van der Waals surface area (Å²) < 4.78 is 19.6. The van der Waals surface area contributed by atoms with Gasteiger partial charge in [0.15, 0.2) is 0 Å². The number of ether oxygens (including phenoxy) is 1. The average Bonchev–Trinajstić information content (AvgIpc) is 2.27. The third-order valence-corrected chi connectivity index (χ3v) is 3.25. The van der Waals surface area contributed by atoms with Crippen LogP contribution in [0.3, 0.4) is 0 Å². The fraction of sp³-hybridized carbons (Fsp3) is 0.571. The largest absolute Gasteiger partial charge is 0.488 e. The SMILES string of the molecule is CC1(C)CCc2cc(C(F)CCN)ccc2O1. The number of alkyl halides is 1. The lowest BCUT2D eigenvalue weighted by molar-refractivity contribution is 0.0845. The molecular weight excluding hydrogens is 217 g/mol. The van der Waals surface area contributed by atoms with Crippen LogP contribution in [-0.4, -0.2) is 12.1 Å². The molecule has 0 saturated heterocycles. The van der Waals surface area contributed by atoms with Crippen LogP contribution in [0.4, 0.5) is 4.39 Å². The quantitative estimate of drug-likeness (QED) is 0.876. The summed E-state index contributed by atoms with van der Waals surface area (Å²) in [7, 11) is 0. The van der Waals surface area contributed by atoms with Crippen LogP contribution in [0.15, 0.2) is 18.2 Å². The van der Waals surface area contributed by atoms with Crippen LogP contribution in [0.5, 0.6) is 5.75 Å². The van der Waals surface area contributed by atoms with Crippen LogP contribution in [0.1, 0.15) is 44.0 Å². The normalized spacial score (nSPS) is 19.3. The van der Waals surface area contributed by atoms with E-state index in [1.807, 2.05) is 12.1 Å². The molecule has 0 radical (unpaired) electrons. The molecule has 0 saturated carbocycles. The number of benzene rings is 1. The van der Waals surface area contributed by atoms with Gasteiger partial charge in [-0.2, -0.15) is 0 Å². The van der Waals surface area contributed by atoms with Crippen molar-refractivity contribution in [3.05, 3.63) is 29.3 Å². The predicted molar refractivity (Wildman–Crippen MR) is 67.0 cm³/mol. The molecule has 1 unspecified atom stereocenters. The van der Waals surface area contributed by atoms with Crippen LogP contribution >= 0.6 is 0 Å². The third kappa shape index (κ3) is 2.78. The molecule has 17 heavy (non-hydrogen) atoms. The van der Waals surface area contributed by atoms with E-state index in [0.717, 1.165) is 29.7 Å². The molecule has 3 heteroatoms. The Kier molecular flexibility index (Phi) is 3.38. The van der Waals surface area contributed by atoms with E-state index in [1.165, 1.54) is 0 Å². The first-order valence-electron chi connectivity index (χ1n) is 6.18. The van der Waals surface area contributed by atoms with Crippen molar-refractivity contribution in [2.24, 2.45) is 5.73 Å². The molecule has 2 rings (SSSR count). The van der Waals surface area contributed by atoms with Gasteiger partial charge in [0.25, 0.3) is 0 Å². The lowest BCUT2D eigenvalue weighted by Crippen LogP contribution is -2.32. The van der Waals surface area contributed by atoms with Gasteiger partial charge in [-0.1, -0.05) is 6.07 Å². The number of hydrogen-bond donors (Lipinski definition) is 1. The predicted octanol–water partition coefficient (Wildman–Crippen LogP) is 3.15. The molecule has 1 aliphatic rings. The zero-order chi connectivity index (χ0) is 12.5. The summed E-state index contributed by atoms with van der Waals surface area (Å²) in [5.74, 6) is 0.893. The van der Waals surface area contributed by atoms with Crippen LogP contribution in [-0.2, 0) is 6.42 Å². The van der Waals surface area contributed by atoms with Gasteiger partial charge < -0.3 is 10.5 Å². The van der Waals surface area contributed by atoms with Gasteiger partial charge in [0.05, 0.1) is 0 Å². The van der Waals surface area contributed by atoms with Gasteiger partial charge in [0.2, 0.25) is 0 Å². The molecule has 2 nitrogen and oxygen atoms in total. The topological polar surface area (TPSA) is 35.2 Å².